The van der Waals surface area contributed by atoms with Crippen molar-refractivity contribution >= 4 is 0 Å². The second kappa shape index (κ2) is 9.33. The number of unbranched alkanes of at least 4 members (excludes halogenated alkanes) is 1. The Balaban J connectivity index is 1.61. The van der Waals surface area contributed by atoms with Crippen molar-refractivity contribution in [1.82, 2.24) is 21.3 Å². The van der Waals surface area contributed by atoms with Crippen LogP contribution in [0.1, 0.15) is 65.7 Å². The summed E-state index contributed by atoms with van der Waals surface area (Å²) < 4.78 is 0. The van der Waals surface area contributed by atoms with Crippen LogP contribution in [0.3, 0.4) is 0 Å². The second-order valence-electron chi connectivity index (χ2n) is 9.85. The summed E-state index contributed by atoms with van der Waals surface area (Å²) in [5, 5.41) is 15.3. The number of nitrogens with two attached hydrogens (primary N) is 1. The Bertz CT molecular complexity index is 421. The van der Waals surface area contributed by atoms with Gasteiger partial charge in [-0.1, -0.05) is 19.8 Å². The molecule has 3 aliphatic rings. The van der Waals surface area contributed by atoms with Crippen molar-refractivity contribution in [3.8, 4) is 0 Å². The Labute approximate surface area is 161 Å². The number of rotatable bonds is 7. The van der Waals surface area contributed by atoms with Gasteiger partial charge in [0.25, 0.3) is 0 Å². The van der Waals surface area contributed by atoms with E-state index in [1.165, 1.54) is 58.0 Å². The van der Waals surface area contributed by atoms with Crippen molar-refractivity contribution in [2.45, 2.75) is 89.5 Å². The summed E-state index contributed by atoms with van der Waals surface area (Å²) in [6.07, 6.45) is 9.71. The second-order valence-corrected chi connectivity index (χ2v) is 9.85. The predicted molar refractivity (Wildman–Crippen MR) is 110 cm³/mol. The number of hydrogen-bond donors (Lipinski definition) is 5. The van der Waals surface area contributed by atoms with Gasteiger partial charge in [-0.05, 0) is 83.3 Å². The lowest BCUT2D eigenvalue weighted by molar-refractivity contribution is 0.0621. The highest BCUT2D eigenvalue weighted by atomic mass is 15.2. The smallest absolute Gasteiger partial charge is 0.0607 e. The SMILES string of the molecule is CCCCC1CC(C2CC3CNCCC3C(NCC(C)(C)N)N2)CCN1. The maximum atomic E-state index is 6.25. The average Bonchev–Trinajstić information content (AvgIpc) is 2.64. The molecule has 0 radical (unpaired) electrons. The van der Waals surface area contributed by atoms with Crippen molar-refractivity contribution in [2.75, 3.05) is 26.2 Å². The summed E-state index contributed by atoms with van der Waals surface area (Å²) in [5.41, 5.74) is 6.10. The molecule has 6 unspecified atom stereocenters. The van der Waals surface area contributed by atoms with Crippen molar-refractivity contribution in [1.29, 1.82) is 0 Å². The zero-order valence-corrected chi connectivity index (χ0v) is 17.3. The molecule has 5 nitrogen and oxygen atoms in total. The van der Waals surface area contributed by atoms with Crippen LogP contribution in [0.2, 0.25) is 0 Å². The van der Waals surface area contributed by atoms with E-state index in [0.29, 0.717) is 12.2 Å². The molecule has 3 saturated heterocycles. The Morgan fingerprint density at radius 1 is 1.12 bits per heavy atom. The predicted octanol–water partition coefficient (Wildman–Crippen LogP) is 1.79. The topological polar surface area (TPSA) is 74.1 Å². The quantitative estimate of drug-likeness (QED) is 0.476. The van der Waals surface area contributed by atoms with Crippen LogP contribution >= 0.6 is 0 Å². The molecule has 0 aromatic rings. The van der Waals surface area contributed by atoms with Gasteiger partial charge in [0.05, 0.1) is 6.17 Å². The standard InChI is InChI=1S/C21H43N5/c1-4-5-6-17-11-15(7-10-24-17)19-12-16-13-23-9-8-18(16)20(26-19)25-14-21(2,3)22/h15-20,23-26H,4-14,22H2,1-3H3. The van der Waals surface area contributed by atoms with Gasteiger partial charge in [0, 0.05) is 24.2 Å². The fourth-order valence-corrected chi connectivity index (χ4v) is 5.38. The van der Waals surface area contributed by atoms with E-state index in [0.717, 1.165) is 36.9 Å². The lowest BCUT2D eigenvalue weighted by Gasteiger charge is -2.49. The van der Waals surface area contributed by atoms with Gasteiger partial charge in [0.15, 0.2) is 0 Å². The Morgan fingerprint density at radius 3 is 2.73 bits per heavy atom. The minimum absolute atomic E-state index is 0.156. The molecule has 3 aliphatic heterocycles. The van der Waals surface area contributed by atoms with Gasteiger partial charge in [0.1, 0.15) is 0 Å². The first kappa shape index (κ1) is 20.5. The van der Waals surface area contributed by atoms with Gasteiger partial charge >= 0.3 is 0 Å². The summed E-state index contributed by atoms with van der Waals surface area (Å²) in [5.74, 6) is 2.36. The van der Waals surface area contributed by atoms with E-state index in [-0.39, 0.29) is 5.54 Å². The van der Waals surface area contributed by atoms with E-state index in [2.05, 4.69) is 42.0 Å². The van der Waals surface area contributed by atoms with Crippen LogP contribution in [0.4, 0.5) is 0 Å². The van der Waals surface area contributed by atoms with Gasteiger partial charge in [-0.15, -0.1) is 0 Å². The van der Waals surface area contributed by atoms with E-state index in [1.54, 1.807) is 0 Å². The molecule has 3 heterocycles. The van der Waals surface area contributed by atoms with Crippen LogP contribution in [0.15, 0.2) is 0 Å². The van der Waals surface area contributed by atoms with Gasteiger partial charge < -0.3 is 16.4 Å². The Morgan fingerprint density at radius 2 is 1.96 bits per heavy atom. The summed E-state index contributed by atoms with van der Waals surface area (Å²) in [4.78, 5) is 0. The first-order chi connectivity index (χ1) is 12.5. The number of hydrogen-bond acceptors (Lipinski definition) is 5. The first-order valence-corrected chi connectivity index (χ1v) is 11.2. The molecule has 0 amide bonds. The maximum absolute atomic E-state index is 6.25. The largest absolute Gasteiger partial charge is 0.324 e. The van der Waals surface area contributed by atoms with E-state index in [4.69, 9.17) is 5.73 Å². The fraction of sp³-hybridized carbons (Fsp3) is 1.00. The molecular weight excluding hydrogens is 322 g/mol. The molecule has 6 N–H and O–H groups in total. The third-order valence-corrected chi connectivity index (χ3v) is 6.83. The molecule has 0 saturated carbocycles. The molecule has 6 atom stereocenters. The molecule has 0 bridgehead atoms. The zero-order valence-electron chi connectivity index (χ0n) is 17.3. The van der Waals surface area contributed by atoms with E-state index in [9.17, 15) is 0 Å². The Kier molecular flexibility index (Phi) is 7.37. The third-order valence-electron chi connectivity index (χ3n) is 6.83. The van der Waals surface area contributed by atoms with Gasteiger partial charge in [-0.3, -0.25) is 10.6 Å². The minimum Gasteiger partial charge on any atom is -0.324 e. The number of piperidine rings is 3. The molecule has 3 rings (SSSR count). The molecular formula is C21H43N5. The fourth-order valence-electron chi connectivity index (χ4n) is 5.38. The van der Waals surface area contributed by atoms with Crippen molar-refractivity contribution in [2.24, 2.45) is 23.5 Å². The third kappa shape index (κ3) is 5.65. The average molecular weight is 366 g/mol. The monoisotopic (exact) mass is 365 g/mol. The van der Waals surface area contributed by atoms with Gasteiger partial charge in [-0.2, -0.15) is 0 Å². The Hall–Kier alpha value is -0.200. The molecule has 0 spiro atoms. The van der Waals surface area contributed by atoms with Crippen LogP contribution in [-0.2, 0) is 0 Å². The summed E-state index contributed by atoms with van der Waals surface area (Å²) in [6.45, 7) is 10.9. The highest BCUT2D eigenvalue weighted by Gasteiger charge is 2.41. The molecule has 3 fully saturated rings. The number of fused-ring (bicyclic) bond motifs is 1. The highest BCUT2D eigenvalue weighted by Crippen LogP contribution is 2.35. The lowest BCUT2D eigenvalue weighted by atomic mass is 9.72. The van der Waals surface area contributed by atoms with E-state index >= 15 is 0 Å². The van der Waals surface area contributed by atoms with E-state index < -0.39 is 0 Å². The van der Waals surface area contributed by atoms with Gasteiger partial charge in [0.2, 0.25) is 0 Å². The summed E-state index contributed by atoms with van der Waals surface area (Å²) >= 11 is 0. The molecule has 0 aromatic heterocycles. The maximum Gasteiger partial charge on any atom is 0.0607 e. The van der Waals surface area contributed by atoms with Crippen molar-refractivity contribution < 1.29 is 0 Å². The molecule has 0 aliphatic carbocycles. The van der Waals surface area contributed by atoms with Crippen LogP contribution in [-0.4, -0.2) is 50.0 Å². The van der Waals surface area contributed by atoms with Gasteiger partial charge in [-0.25, -0.2) is 0 Å². The molecule has 26 heavy (non-hydrogen) atoms. The minimum atomic E-state index is -0.156. The number of nitrogens with one attached hydrogen (secondary N) is 4. The van der Waals surface area contributed by atoms with Crippen LogP contribution in [0, 0.1) is 17.8 Å². The molecule has 152 valence electrons. The summed E-state index contributed by atoms with van der Waals surface area (Å²) in [7, 11) is 0. The highest BCUT2D eigenvalue weighted by molar-refractivity contribution is 4.98. The van der Waals surface area contributed by atoms with Crippen LogP contribution in [0.25, 0.3) is 0 Å². The van der Waals surface area contributed by atoms with E-state index in [1.807, 2.05) is 0 Å². The molecule has 0 aromatic carbocycles. The first-order valence-electron chi connectivity index (χ1n) is 11.2. The summed E-state index contributed by atoms with van der Waals surface area (Å²) in [6, 6.07) is 1.38. The van der Waals surface area contributed by atoms with Crippen molar-refractivity contribution in [3.63, 3.8) is 0 Å². The zero-order chi connectivity index (χ0) is 18.6. The molecule has 5 heteroatoms. The van der Waals surface area contributed by atoms with Crippen LogP contribution in [0.5, 0.6) is 0 Å². The normalized spacial score (nSPS) is 38.8. The van der Waals surface area contributed by atoms with Crippen molar-refractivity contribution in [3.05, 3.63) is 0 Å². The lowest BCUT2D eigenvalue weighted by Crippen LogP contribution is -2.65. The van der Waals surface area contributed by atoms with Crippen LogP contribution < -0.4 is 27.0 Å².